The molecule has 19 heteroatoms. The first kappa shape index (κ1) is 91.5. The van der Waals surface area contributed by atoms with Crippen LogP contribution in [0.15, 0.2) is 425 Å². The fraction of sp³-hybridized carbons (Fsp3) is 0.0190. The predicted octanol–water partition coefficient (Wildman–Crippen LogP) is 1.35. The number of hydrogen-bond donors (Lipinski definition) is 0. The van der Waals surface area contributed by atoms with Crippen LogP contribution in [-0.2, 0) is 13.5 Å². The summed E-state index contributed by atoms with van der Waals surface area (Å²) in [5, 5.41) is 70.0. The Hall–Kier alpha value is -13.2. The molecule has 5 N–H and O–H groups in total. The average Bonchev–Trinajstić information content (AvgIpc) is 1.18. The number of ether oxygens (including phenoxy) is 2. The van der Waals surface area contributed by atoms with Crippen LogP contribution in [0, 0.1) is 0 Å². The van der Waals surface area contributed by atoms with Crippen molar-refractivity contribution < 1.29 is 163 Å². The molecule has 0 unspecified atom stereocenters. The zero-order valence-corrected chi connectivity index (χ0v) is 69.6. The number of hydrogen-bond acceptors (Lipinski definition) is 7. The monoisotopic (exact) mass is 1580 g/mol. The van der Waals surface area contributed by atoms with Gasteiger partial charge in [-0.15, -0.1) is 0 Å². The van der Waals surface area contributed by atoms with Gasteiger partial charge in [0.1, 0.15) is 0 Å². The van der Waals surface area contributed by atoms with Gasteiger partial charge in [0, 0.05) is 70.3 Å². The van der Waals surface area contributed by atoms with E-state index in [9.17, 15) is 25.5 Å². The summed E-state index contributed by atoms with van der Waals surface area (Å²) in [6, 6.07) is 125. The topological polar surface area (TPSA) is 212 Å². The fourth-order valence-electron chi connectivity index (χ4n) is 14.6. The predicted molar refractivity (Wildman–Crippen MR) is 459 cm³/mol. The molecule has 124 heavy (non-hydrogen) atoms. The van der Waals surface area contributed by atoms with Crippen molar-refractivity contribution in [2.45, 2.75) is 13.5 Å². The summed E-state index contributed by atoms with van der Waals surface area (Å²) in [5.74, 6) is 2.07. The molecule has 0 fully saturated rings. The Balaban J connectivity index is 0.000000142. The maximum Gasteiger partial charge on any atom is 1.00 e. The van der Waals surface area contributed by atoms with Gasteiger partial charge >= 0.3 is 94.3 Å². The van der Waals surface area contributed by atoms with E-state index < -0.39 is 0 Å². The van der Waals surface area contributed by atoms with Gasteiger partial charge in [0.25, 0.3) is 24.5 Å². The van der Waals surface area contributed by atoms with E-state index in [0.29, 0.717) is 52.5 Å². The minimum absolute atomic E-state index is 0. The number of nitrogens with one attached hydrogen (secondary N) is 5. The van der Waals surface area contributed by atoms with Crippen LogP contribution in [0.25, 0.3) is 121 Å². The second kappa shape index (κ2) is 44.6. The fourth-order valence-corrected chi connectivity index (χ4v) is 14.6. The largest absolute Gasteiger partial charge is 1.00 e. The molecule has 2 aliphatic heterocycles. The zero-order chi connectivity index (χ0) is 81.1. The summed E-state index contributed by atoms with van der Waals surface area (Å²) >= 11 is 0. The SMILES string of the molecule is [Li+].[Li+].[Li+].[Li+].[Li+].[O-]C(=C(c1ccccc1)c1ccccc1)c1ccc2ccccc2[nH+]1.[O-]C(=C(c1ccccc1)c1ccccc1)c1cccc[nH+]1.[O-]c1cc(-c2ccccc2)cc2cc(-c3ccccc3)c[nH+]c12.[O-]c1cc2ccccc2c2ccc[nH+]c12.[O-]c1cccc2ccc[nH+]c12.c1cc2c3c(c1)ccc[n+]3CO2.c1cc2c3c(c1)ccc[n+]3CO2. The third-order valence-electron chi connectivity index (χ3n) is 20.3. The van der Waals surface area contributed by atoms with Crippen molar-refractivity contribution >= 4 is 98.9 Å². The summed E-state index contributed by atoms with van der Waals surface area (Å²) in [4.78, 5) is 15.4. The van der Waals surface area contributed by atoms with E-state index in [2.05, 4.69) is 82.6 Å². The van der Waals surface area contributed by atoms with E-state index in [1.165, 1.54) is 21.8 Å². The molecule has 0 spiro atoms. The molecule has 0 aliphatic carbocycles. The van der Waals surface area contributed by atoms with Gasteiger partial charge in [-0.2, -0.15) is 9.13 Å². The summed E-state index contributed by atoms with van der Waals surface area (Å²) < 4.78 is 15.2. The van der Waals surface area contributed by atoms with Gasteiger partial charge in [-0.1, -0.05) is 255 Å². The van der Waals surface area contributed by atoms with E-state index >= 15 is 0 Å². The van der Waals surface area contributed by atoms with Crippen LogP contribution in [0.5, 0.6) is 28.7 Å². The molecule has 22 rings (SSSR count). The summed E-state index contributed by atoms with van der Waals surface area (Å²) in [6.07, 6.45) is 11.3. The van der Waals surface area contributed by atoms with Crippen molar-refractivity contribution in [3.8, 4) is 51.0 Å². The number of nitrogens with zero attached hydrogens (tertiary/aromatic N) is 2. The Bertz CT molecular complexity index is 6750. The van der Waals surface area contributed by atoms with E-state index in [4.69, 9.17) is 9.47 Å². The maximum atomic E-state index is 13.3. The molecule has 0 amide bonds. The number of aromatic nitrogens is 7. The van der Waals surface area contributed by atoms with Crippen LogP contribution in [0.4, 0.5) is 0 Å². The number of pyridine rings is 7. The summed E-state index contributed by atoms with van der Waals surface area (Å²) in [5.41, 5.74) is 15.8. The molecule has 0 saturated heterocycles. The van der Waals surface area contributed by atoms with E-state index in [1.807, 2.05) is 328 Å². The van der Waals surface area contributed by atoms with Crippen molar-refractivity contribution in [2.24, 2.45) is 0 Å². The minimum atomic E-state index is -0.0110. The van der Waals surface area contributed by atoms with E-state index in [0.717, 1.165) is 93.8 Å². The Morgan fingerprint density at radius 2 is 0.685 bits per heavy atom. The normalized spacial score (nSPS) is 10.6. The number of benzene rings is 13. The Morgan fingerprint density at radius 1 is 0.274 bits per heavy atom. The molecule has 0 radical (unpaired) electrons. The number of fused-ring (bicyclic) bond motifs is 6. The van der Waals surface area contributed by atoms with Gasteiger partial charge < -0.3 is 35.0 Å². The van der Waals surface area contributed by atoms with Crippen molar-refractivity contribution in [3.05, 3.63) is 459 Å². The van der Waals surface area contributed by atoms with Gasteiger partial charge in [-0.25, -0.2) is 24.9 Å². The molecule has 0 atom stereocenters. The molecule has 7 aromatic heterocycles. The number of H-pyrrole nitrogens is 5. The summed E-state index contributed by atoms with van der Waals surface area (Å²) in [7, 11) is 0. The van der Waals surface area contributed by atoms with Crippen molar-refractivity contribution in [1.82, 2.24) is 0 Å². The Labute approximate surface area is 778 Å². The summed E-state index contributed by atoms with van der Waals surface area (Å²) in [6.45, 7) is 1.30. The molecule has 20 aromatic rings. The zero-order valence-electron chi connectivity index (χ0n) is 69.6. The minimum Gasteiger partial charge on any atom is -0.868 e. The van der Waals surface area contributed by atoms with Crippen LogP contribution in [0.3, 0.4) is 0 Å². The third-order valence-corrected chi connectivity index (χ3v) is 20.3. The molecular weight excluding hydrogens is 1510 g/mol. The van der Waals surface area contributed by atoms with Crippen molar-refractivity contribution in [1.29, 1.82) is 0 Å². The molecule has 0 saturated carbocycles. The molecule has 2 aliphatic rings. The maximum absolute atomic E-state index is 13.3. The van der Waals surface area contributed by atoms with Crippen LogP contribution in [0.1, 0.15) is 33.6 Å². The first-order valence-corrected chi connectivity index (χ1v) is 39.0. The van der Waals surface area contributed by atoms with Crippen LogP contribution >= 0.6 is 0 Å². The number of rotatable bonds is 8. The first-order valence-electron chi connectivity index (χ1n) is 39.0. The van der Waals surface area contributed by atoms with E-state index in [-0.39, 0.29) is 123 Å². The van der Waals surface area contributed by atoms with Gasteiger partial charge in [0.15, 0.2) is 60.1 Å². The molecule has 0 bridgehead atoms. The van der Waals surface area contributed by atoms with Crippen molar-refractivity contribution in [3.63, 3.8) is 0 Å². The van der Waals surface area contributed by atoms with Crippen LogP contribution < -0.4 is 163 Å². The third kappa shape index (κ3) is 21.8. The van der Waals surface area contributed by atoms with Gasteiger partial charge in [-0.3, -0.25) is 0 Å². The standard InChI is InChI=1S/C23H17NO.C21H15NO.C19H15NO.C13H9NO.2C10H8NO.C9H7NO.5Li/c25-23(21-16-15-17-9-7-8-14-20(17)24-21)22(18-10-3-1-4-11-18)19-12-5-2-6-13-19;23-20-13-17(15-7-3-1-4-8-15)11-18-12-19(14-22-21(18)20)16-9-5-2-6-10-16;21-19(17-13-7-8-14-20-17)18(15-9-3-1-4-10-15)16-11-5-2-6-12-16;15-12-8-9-4-1-2-5-10(9)11-6-3-7-14-13(11)12;2*1-3-8-4-2-6-11-7-12-9(5-1)10(8)11;11-8-5-1-3-7-4-2-6-10-9(7)8;;;;;/h1-16,25H;1-14,23H;1-14,21H;1-8,15H;2*1-6H,7H2;1-6,11H;;;;;/q;;;;2*+1;;5*+1. The Morgan fingerprint density at radius 3 is 1.23 bits per heavy atom. The second-order valence-electron chi connectivity index (χ2n) is 28.0. The van der Waals surface area contributed by atoms with Gasteiger partial charge in [0.2, 0.25) is 22.1 Å². The first-order chi connectivity index (χ1) is 58.6. The average molecular weight is 1590 g/mol. The second-order valence-corrected chi connectivity index (χ2v) is 28.0. The molecule has 14 nitrogen and oxygen atoms in total. The molecule has 13 aromatic carbocycles. The van der Waals surface area contributed by atoms with Gasteiger partial charge in [-0.05, 0) is 175 Å². The Kier molecular flexibility index (Phi) is 32.9. The van der Waals surface area contributed by atoms with Crippen molar-refractivity contribution in [2.75, 3.05) is 0 Å². The number of para-hydroxylation sites is 4. The molecular formula is C105H79Li5N7O7+7. The van der Waals surface area contributed by atoms with E-state index in [1.54, 1.807) is 48.9 Å². The number of aromatic amines is 5. The molecule has 574 valence electrons. The quantitative estimate of drug-likeness (QED) is 0.0943. The van der Waals surface area contributed by atoms with Crippen LogP contribution in [0.2, 0.25) is 0 Å². The van der Waals surface area contributed by atoms with Gasteiger partial charge in [0.05, 0.1) is 16.2 Å². The smallest absolute Gasteiger partial charge is 0.868 e. The molecule has 9 heterocycles. The van der Waals surface area contributed by atoms with Crippen LogP contribution in [-0.4, -0.2) is 0 Å².